The van der Waals surface area contributed by atoms with E-state index in [9.17, 15) is 8.42 Å². The first kappa shape index (κ1) is 16.1. The standard InChI is InChI=1S/C14H22N2O4S/c1-14(2)12(8-13(14)20-4)16-21(17,18)9-5-6-11(19-3)10(15)7-9/h5-7,12-13,16H,8,15H2,1-4H3. The molecule has 2 unspecified atom stereocenters. The zero-order valence-electron chi connectivity index (χ0n) is 12.7. The maximum absolute atomic E-state index is 12.4. The van der Waals surface area contributed by atoms with Gasteiger partial charge in [-0.05, 0) is 24.6 Å². The number of sulfonamides is 1. The highest BCUT2D eigenvalue weighted by atomic mass is 32.2. The molecule has 0 radical (unpaired) electrons. The van der Waals surface area contributed by atoms with Crippen LogP contribution in [0.5, 0.6) is 5.75 Å². The number of nitrogen functional groups attached to an aromatic ring is 1. The Morgan fingerprint density at radius 2 is 2.00 bits per heavy atom. The van der Waals surface area contributed by atoms with Crippen LogP contribution in [-0.2, 0) is 14.8 Å². The minimum Gasteiger partial charge on any atom is -0.495 e. The molecule has 0 heterocycles. The van der Waals surface area contributed by atoms with E-state index in [-0.39, 0.29) is 22.5 Å². The number of nitrogens with one attached hydrogen (secondary N) is 1. The van der Waals surface area contributed by atoms with Gasteiger partial charge in [0.05, 0.1) is 23.8 Å². The third-order valence-electron chi connectivity index (χ3n) is 4.27. The number of ether oxygens (including phenoxy) is 2. The summed E-state index contributed by atoms with van der Waals surface area (Å²) >= 11 is 0. The van der Waals surface area contributed by atoms with Crippen LogP contribution in [0.25, 0.3) is 0 Å². The van der Waals surface area contributed by atoms with Gasteiger partial charge < -0.3 is 15.2 Å². The molecule has 1 aliphatic rings. The zero-order chi connectivity index (χ0) is 15.8. The molecular formula is C14H22N2O4S. The van der Waals surface area contributed by atoms with E-state index in [1.54, 1.807) is 13.2 Å². The fourth-order valence-electron chi connectivity index (χ4n) is 2.62. The first-order chi connectivity index (χ1) is 9.72. The highest BCUT2D eigenvalue weighted by molar-refractivity contribution is 7.89. The molecule has 0 spiro atoms. The second-order valence-electron chi connectivity index (χ2n) is 5.86. The Morgan fingerprint density at radius 1 is 1.33 bits per heavy atom. The van der Waals surface area contributed by atoms with E-state index >= 15 is 0 Å². The van der Waals surface area contributed by atoms with Crippen molar-refractivity contribution in [1.29, 1.82) is 0 Å². The van der Waals surface area contributed by atoms with Gasteiger partial charge in [-0.25, -0.2) is 13.1 Å². The molecule has 0 saturated heterocycles. The average Bonchev–Trinajstić information content (AvgIpc) is 2.42. The number of hydrogen-bond donors (Lipinski definition) is 2. The lowest BCUT2D eigenvalue weighted by atomic mass is 9.65. The van der Waals surface area contributed by atoms with Gasteiger partial charge in [-0.15, -0.1) is 0 Å². The molecule has 1 aromatic carbocycles. The van der Waals surface area contributed by atoms with Crippen molar-refractivity contribution in [2.45, 2.75) is 37.3 Å². The topological polar surface area (TPSA) is 90.7 Å². The minimum absolute atomic E-state index is 0.0612. The summed E-state index contributed by atoms with van der Waals surface area (Å²) in [5.41, 5.74) is 5.82. The van der Waals surface area contributed by atoms with E-state index in [1.807, 2.05) is 13.8 Å². The van der Waals surface area contributed by atoms with Crippen LogP contribution in [0, 0.1) is 5.41 Å². The van der Waals surface area contributed by atoms with Gasteiger partial charge in [0.15, 0.2) is 0 Å². The summed E-state index contributed by atoms with van der Waals surface area (Å²) in [4.78, 5) is 0.137. The number of rotatable bonds is 5. The van der Waals surface area contributed by atoms with E-state index in [4.69, 9.17) is 15.2 Å². The molecule has 2 rings (SSSR count). The van der Waals surface area contributed by atoms with Crippen molar-refractivity contribution in [3.63, 3.8) is 0 Å². The van der Waals surface area contributed by atoms with Gasteiger partial charge in [-0.2, -0.15) is 0 Å². The number of hydrogen-bond acceptors (Lipinski definition) is 5. The lowest BCUT2D eigenvalue weighted by molar-refractivity contribution is -0.0908. The predicted octanol–water partition coefficient (Wildman–Crippen LogP) is 1.37. The van der Waals surface area contributed by atoms with Gasteiger partial charge in [-0.3, -0.25) is 0 Å². The first-order valence-corrected chi connectivity index (χ1v) is 8.19. The SMILES string of the molecule is COc1ccc(S(=O)(=O)NC2CC(OC)C2(C)C)cc1N. The third kappa shape index (κ3) is 2.86. The van der Waals surface area contributed by atoms with Gasteiger partial charge in [0.25, 0.3) is 0 Å². The molecule has 1 saturated carbocycles. The Bertz CT molecular complexity index is 628. The van der Waals surface area contributed by atoms with E-state index in [0.717, 1.165) is 0 Å². The molecular weight excluding hydrogens is 292 g/mol. The monoisotopic (exact) mass is 314 g/mol. The van der Waals surface area contributed by atoms with E-state index in [1.165, 1.54) is 19.2 Å². The fourth-order valence-corrected chi connectivity index (χ4v) is 4.06. The molecule has 1 aliphatic carbocycles. The summed E-state index contributed by atoms with van der Waals surface area (Å²) < 4.78 is 37.9. The first-order valence-electron chi connectivity index (χ1n) is 6.71. The Hall–Kier alpha value is -1.31. The predicted molar refractivity (Wildman–Crippen MR) is 80.7 cm³/mol. The van der Waals surface area contributed by atoms with Gasteiger partial charge in [-0.1, -0.05) is 13.8 Å². The maximum Gasteiger partial charge on any atom is 0.240 e. The highest BCUT2D eigenvalue weighted by Gasteiger charge is 2.50. The Labute approximate surface area is 125 Å². The number of benzene rings is 1. The number of anilines is 1. The van der Waals surface area contributed by atoms with Crippen molar-refractivity contribution in [3.05, 3.63) is 18.2 Å². The van der Waals surface area contributed by atoms with Gasteiger partial charge in [0, 0.05) is 18.6 Å². The van der Waals surface area contributed by atoms with E-state index in [0.29, 0.717) is 17.9 Å². The highest BCUT2D eigenvalue weighted by Crippen LogP contribution is 2.43. The second kappa shape index (κ2) is 5.47. The summed E-state index contributed by atoms with van der Waals surface area (Å²) in [6.45, 7) is 3.97. The third-order valence-corrected chi connectivity index (χ3v) is 5.74. The molecule has 1 fully saturated rings. The molecule has 0 aromatic heterocycles. The van der Waals surface area contributed by atoms with Crippen LogP contribution in [0.4, 0.5) is 5.69 Å². The summed E-state index contributed by atoms with van der Waals surface area (Å²) in [6, 6.07) is 4.28. The quantitative estimate of drug-likeness (QED) is 0.801. The van der Waals surface area contributed by atoms with Crippen LogP contribution >= 0.6 is 0 Å². The van der Waals surface area contributed by atoms with Gasteiger partial charge in [0.1, 0.15) is 5.75 Å². The Kier molecular flexibility index (Phi) is 4.19. The number of nitrogens with two attached hydrogens (primary N) is 1. The van der Waals surface area contributed by atoms with Crippen LogP contribution in [0.2, 0.25) is 0 Å². The molecule has 1 aromatic rings. The largest absolute Gasteiger partial charge is 0.495 e. The molecule has 118 valence electrons. The van der Waals surface area contributed by atoms with Gasteiger partial charge in [0.2, 0.25) is 10.0 Å². The van der Waals surface area contributed by atoms with Crippen molar-refractivity contribution < 1.29 is 17.9 Å². The molecule has 7 heteroatoms. The summed E-state index contributed by atoms with van der Waals surface area (Å²) in [6.07, 6.45) is 0.722. The fraction of sp³-hybridized carbons (Fsp3) is 0.571. The van der Waals surface area contributed by atoms with Crippen LogP contribution < -0.4 is 15.2 Å². The zero-order valence-corrected chi connectivity index (χ0v) is 13.5. The second-order valence-corrected chi connectivity index (χ2v) is 7.57. The minimum atomic E-state index is -3.61. The van der Waals surface area contributed by atoms with Crippen LogP contribution in [0.15, 0.2) is 23.1 Å². The summed E-state index contributed by atoms with van der Waals surface area (Å²) in [7, 11) is -0.485. The van der Waals surface area contributed by atoms with Crippen molar-refractivity contribution in [2.24, 2.45) is 5.41 Å². The maximum atomic E-state index is 12.4. The van der Waals surface area contributed by atoms with Crippen molar-refractivity contribution in [2.75, 3.05) is 20.0 Å². The molecule has 6 nitrogen and oxygen atoms in total. The van der Waals surface area contributed by atoms with Crippen molar-refractivity contribution >= 4 is 15.7 Å². The van der Waals surface area contributed by atoms with E-state index < -0.39 is 10.0 Å². The lowest BCUT2D eigenvalue weighted by Gasteiger charge is -2.50. The lowest BCUT2D eigenvalue weighted by Crippen LogP contribution is -2.61. The van der Waals surface area contributed by atoms with Crippen molar-refractivity contribution in [3.8, 4) is 5.75 Å². The molecule has 0 amide bonds. The Morgan fingerprint density at radius 3 is 2.48 bits per heavy atom. The average molecular weight is 314 g/mol. The van der Waals surface area contributed by atoms with Crippen LogP contribution in [0.3, 0.4) is 0 Å². The molecule has 2 atom stereocenters. The normalized spacial score (nSPS) is 24.4. The summed E-state index contributed by atoms with van der Waals surface area (Å²) in [5.74, 6) is 0.456. The Balaban J connectivity index is 2.18. The summed E-state index contributed by atoms with van der Waals surface area (Å²) in [5, 5.41) is 0. The molecule has 21 heavy (non-hydrogen) atoms. The molecule has 0 aliphatic heterocycles. The van der Waals surface area contributed by atoms with Gasteiger partial charge >= 0.3 is 0 Å². The van der Waals surface area contributed by atoms with E-state index in [2.05, 4.69) is 4.72 Å². The van der Waals surface area contributed by atoms with Crippen LogP contribution in [-0.4, -0.2) is 34.8 Å². The molecule has 3 N–H and O–H groups in total. The number of methoxy groups -OCH3 is 2. The smallest absolute Gasteiger partial charge is 0.240 e. The molecule has 0 bridgehead atoms. The van der Waals surface area contributed by atoms with Crippen LogP contribution in [0.1, 0.15) is 20.3 Å². The van der Waals surface area contributed by atoms with Crippen molar-refractivity contribution in [1.82, 2.24) is 4.72 Å².